The monoisotopic (exact) mass is 235 g/mol. The van der Waals surface area contributed by atoms with Crippen LogP contribution in [0.2, 0.25) is 0 Å². The number of aliphatic imine (C=N–C) groups is 2. The Morgan fingerprint density at radius 2 is 1.82 bits per heavy atom. The minimum atomic E-state index is -0.131. The molecule has 1 rings (SSSR count). The maximum absolute atomic E-state index is 5.58. The quantitative estimate of drug-likeness (QED) is 0.528. The summed E-state index contributed by atoms with van der Waals surface area (Å²) in [6.45, 7) is 3.86. The van der Waals surface area contributed by atoms with E-state index in [1.807, 2.05) is 32.0 Å². The normalized spacial score (nSPS) is 11.4. The van der Waals surface area contributed by atoms with Crippen molar-refractivity contribution in [3.63, 3.8) is 0 Å². The molecular weight excluding hydrogens is 218 g/mol. The number of guanidine groups is 2. The van der Waals surface area contributed by atoms with Crippen LogP contribution in [0.25, 0.3) is 0 Å². The van der Waals surface area contributed by atoms with Crippen molar-refractivity contribution in [2.75, 3.05) is 0 Å². The first kappa shape index (κ1) is 12.8. The third-order valence-corrected chi connectivity index (χ3v) is 1.71. The summed E-state index contributed by atoms with van der Waals surface area (Å²) in [5, 5.41) is 0. The number of ether oxygens (including phenoxy) is 1. The molecule has 92 valence electrons. The molecule has 0 saturated heterocycles. The summed E-state index contributed by atoms with van der Waals surface area (Å²) < 4.78 is 5.58. The van der Waals surface area contributed by atoms with E-state index in [2.05, 4.69) is 9.98 Å². The van der Waals surface area contributed by atoms with E-state index in [0.717, 1.165) is 0 Å². The molecule has 0 aromatic heterocycles. The van der Waals surface area contributed by atoms with Gasteiger partial charge in [-0.25, -0.2) is 4.99 Å². The van der Waals surface area contributed by atoms with Crippen LogP contribution in [-0.2, 0) is 0 Å². The molecule has 1 aromatic carbocycles. The highest BCUT2D eigenvalue weighted by Gasteiger charge is 2.04. The fourth-order valence-corrected chi connectivity index (χ4v) is 1.18. The molecule has 0 amide bonds. The van der Waals surface area contributed by atoms with Crippen molar-refractivity contribution in [1.29, 1.82) is 0 Å². The van der Waals surface area contributed by atoms with Crippen LogP contribution in [0, 0.1) is 0 Å². The molecule has 0 aliphatic heterocycles. The molecule has 0 unspecified atom stereocenters. The Hall–Kier alpha value is -2.24. The van der Waals surface area contributed by atoms with Crippen LogP contribution in [0.15, 0.2) is 34.3 Å². The largest absolute Gasteiger partial charge is 0.489 e. The molecule has 0 radical (unpaired) electrons. The Labute approximate surface area is 100 Å². The molecule has 6 nitrogen and oxygen atoms in total. The summed E-state index contributed by atoms with van der Waals surface area (Å²) in [7, 11) is 0. The van der Waals surface area contributed by atoms with Gasteiger partial charge in [0, 0.05) is 0 Å². The Morgan fingerprint density at radius 3 is 2.41 bits per heavy atom. The summed E-state index contributed by atoms with van der Waals surface area (Å²) in [5.74, 6) is 0.495. The third-order valence-electron chi connectivity index (χ3n) is 1.71. The number of hydrogen-bond donors (Lipinski definition) is 3. The van der Waals surface area contributed by atoms with Crippen molar-refractivity contribution in [2.24, 2.45) is 27.2 Å². The van der Waals surface area contributed by atoms with Crippen LogP contribution in [0.4, 0.5) is 5.69 Å². The van der Waals surface area contributed by atoms with Crippen molar-refractivity contribution in [3.05, 3.63) is 24.3 Å². The van der Waals surface area contributed by atoms with E-state index in [-0.39, 0.29) is 18.0 Å². The second-order valence-corrected chi connectivity index (χ2v) is 3.64. The van der Waals surface area contributed by atoms with Crippen LogP contribution in [0.3, 0.4) is 0 Å². The molecule has 0 spiro atoms. The minimum absolute atomic E-state index is 0.00944. The van der Waals surface area contributed by atoms with Gasteiger partial charge >= 0.3 is 0 Å². The Balaban J connectivity index is 3.01. The van der Waals surface area contributed by atoms with Gasteiger partial charge in [-0.2, -0.15) is 4.99 Å². The zero-order valence-electron chi connectivity index (χ0n) is 9.92. The van der Waals surface area contributed by atoms with Gasteiger partial charge in [-0.3, -0.25) is 0 Å². The number of nitrogens with two attached hydrogens (primary N) is 3. The molecule has 0 bridgehead atoms. The van der Waals surface area contributed by atoms with Crippen molar-refractivity contribution < 1.29 is 4.74 Å². The average Bonchev–Trinajstić information content (AvgIpc) is 2.18. The molecule has 0 saturated carbocycles. The second-order valence-electron chi connectivity index (χ2n) is 3.64. The van der Waals surface area contributed by atoms with Gasteiger partial charge in [0.1, 0.15) is 11.4 Å². The van der Waals surface area contributed by atoms with Crippen LogP contribution in [-0.4, -0.2) is 18.0 Å². The second kappa shape index (κ2) is 5.74. The highest BCUT2D eigenvalue weighted by atomic mass is 16.5. The molecule has 17 heavy (non-hydrogen) atoms. The van der Waals surface area contributed by atoms with Crippen LogP contribution in [0.5, 0.6) is 5.75 Å². The molecule has 6 heteroatoms. The van der Waals surface area contributed by atoms with Crippen LogP contribution < -0.4 is 21.9 Å². The van der Waals surface area contributed by atoms with Gasteiger partial charge in [-0.15, -0.1) is 0 Å². The fourth-order valence-electron chi connectivity index (χ4n) is 1.18. The molecule has 0 fully saturated rings. The molecule has 0 aliphatic rings. The fraction of sp³-hybridized carbons (Fsp3) is 0.273. The van der Waals surface area contributed by atoms with Gasteiger partial charge in [-0.05, 0) is 26.0 Å². The average molecular weight is 235 g/mol. The van der Waals surface area contributed by atoms with Crippen molar-refractivity contribution in [3.8, 4) is 5.75 Å². The SMILES string of the molecule is CC(C)Oc1ccccc1N=C(N)N=C(N)N. The number of nitrogens with zero attached hydrogens (tertiary/aromatic N) is 2. The van der Waals surface area contributed by atoms with Gasteiger partial charge in [0.2, 0.25) is 5.96 Å². The number of para-hydroxylation sites is 2. The maximum Gasteiger partial charge on any atom is 0.223 e. The first-order chi connectivity index (χ1) is 7.99. The first-order valence-corrected chi connectivity index (χ1v) is 5.18. The van der Waals surface area contributed by atoms with E-state index in [1.165, 1.54) is 0 Å². The van der Waals surface area contributed by atoms with E-state index < -0.39 is 0 Å². The first-order valence-electron chi connectivity index (χ1n) is 5.18. The van der Waals surface area contributed by atoms with E-state index >= 15 is 0 Å². The molecular formula is C11H17N5O. The van der Waals surface area contributed by atoms with Gasteiger partial charge in [-0.1, -0.05) is 12.1 Å². The molecule has 6 N–H and O–H groups in total. The summed E-state index contributed by atoms with van der Waals surface area (Å²) in [6.07, 6.45) is 0.0515. The topological polar surface area (TPSA) is 112 Å². The van der Waals surface area contributed by atoms with Gasteiger partial charge in [0.05, 0.1) is 6.10 Å². The Kier molecular flexibility index (Phi) is 4.33. The van der Waals surface area contributed by atoms with E-state index in [9.17, 15) is 0 Å². The summed E-state index contributed by atoms with van der Waals surface area (Å²) in [6, 6.07) is 7.26. The van der Waals surface area contributed by atoms with Gasteiger partial charge in [0.25, 0.3) is 0 Å². The lowest BCUT2D eigenvalue weighted by atomic mass is 10.3. The zero-order valence-corrected chi connectivity index (χ0v) is 9.92. The Morgan fingerprint density at radius 1 is 1.18 bits per heavy atom. The predicted molar refractivity (Wildman–Crippen MR) is 69.3 cm³/mol. The zero-order chi connectivity index (χ0) is 12.8. The minimum Gasteiger partial charge on any atom is -0.489 e. The standard InChI is InChI=1S/C11H17N5O/c1-7(2)17-9-6-4-3-5-8(9)15-11(14)16-10(12)13/h3-7H,1-2H3,(H6,12,13,14,15,16). The molecule has 1 aromatic rings. The highest BCUT2D eigenvalue weighted by molar-refractivity contribution is 5.93. The summed E-state index contributed by atoms with van der Waals surface area (Å²) in [5.41, 5.74) is 16.5. The maximum atomic E-state index is 5.58. The van der Waals surface area contributed by atoms with Crippen LogP contribution in [0.1, 0.15) is 13.8 Å². The highest BCUT2D eigenvalue weighted by Crippen LogP contribution is 2.27. The third kappa shape index (κ3) is 4.42. The van der Waals surface area contributed by atoms with E-state index in [0.29, 0.717) is 11.4 Å². The lowest BCUT2D eigenvalue weighted by molar-refractivity contribution is 0.243. The van der Waals surface area contributed by atoms with Crippen molar-refractivity contribution in [1.82, 2.24) is 0 Å². The lowest BCUT2D eigenvalue weighted by Crippen LogP contribution is -2.26. The van der Waals surface area contributed by atoms with Gasteiger partial charge < -0.3 is 21.9 Å². The lowest BCUT2D eigenvalue weighted by Gasteiger charge is -2.11. The smallest absolute Gasteiger partial charge is 0.223 e. The molecule has 0 heterocycles. The van der Waals surface area contributed by atoms with E-state index in [4.69, 9.17) is 21.9 Å². The number of rotatable bonds is 3. The van der Waals surface area contributed by atoms with E-state index in [1.54, 1.807) is 6.07 Å². The van der Waals surface area contributed by atoms with Crippen molar-refractivity contribution in [2.45, 2.75) is 20.0 Å². The molecule has 0 atom stereocenters. The molecule has 0 aliphatic carbocycles. The Bertz CT molecular complexity index is 435. The predicted octanol–water partition coefficient (Wildman–Crippen LogP) is 0.693. The van der Waals surface area contributed by atoms with Gasteiger partial charge in [0.15, 0.2) is 5.96 Å². The number of hydrogen-bond acceptors (Lipinski definition) is 2. The van der Waals surface area contributed by atoms with Crippen LogP contribution >= 0.6 is 0 Å². The number of benzene rings is 1. The van der Waals surface area contributed by atoms with Crippen molar-refractivity contribution >= 4 is 17.6 Å². The summed E-state index contributed by atoms with van der Waals surface area (Å²) in [4.78, 5) is 7.71. The summed E-state index contributed by atoms with van der Waals surface area (Å²) >= 11 is 0.